The second-order valence-corrected chi connectivity index (χ2v) is 7.36. The lowest BCUT2D eigenvalue weighted by Gasteiger charge is -2.30. The number of carbonyl (C=O) groups is 2. The molecule has 6 nitrogen and oxygen atoms in total. The summed E-state index contributed by atoms with van der Waals surface area (Å²) in [4.78, 5) is 25.7. The lowest BCUT2D eigenvalue weighted by atomic mass is 9.84. The number of likely N-dealkylation sites (N-methyl/N-ethyl adjacent to an activating group) is 1. The Balaban J connectivity index is 2.12. The van der Waals surface area contributed by atoms with Gasteiger partial charge in [-0.2, -0.15) is 0 Å². The molecule has 0 aromatic heterocycles. The van der Waals surface area contributed by atoms with Gasteiger partial charge >= 0.3 is 0 Å². The highest BCUT2D eigenvalue weighted by atomic mass is 16.5. The lowest BCUT2D eigenvalue weighted by Crippen LogP contribution is -2.37. The van der Waals surface area contributed by atoms with Gasteiger partial charge in [0, 0.05) is 37.2 Å². The fourth-order valence-corrected chi connectivity index (χ4v) is 2.98. The molecule has 0 aliphatic rings. The molecule has 150 valence electrons. The van der Waals surface area contributed by atoms with Crippen molar-refractivity contribution in [2.75, 3.05) is 33.1 Å². The molecule has 0 heterocycles. The second-order valence-electron chi connectivity index (χ2n) is 7.36. The Hall–Kier alpha value is -3.02. The van der Waals surface area contributed by atoms with Crippen LogP contribution in [0.15, 0.2) is 42.5 Å². The molecule has 0 aliphatic carbocycles. The van der Waals surface area contributed by atoms with Gasteiger partial charge in [-0.25, -0.2) is 0 Å². The van der Waals surface area contributed by atoms with E-state index < -0.39 is 0 Å². The van der Waals surface area contributed by atoms with E-state index >= 15 is 0 Å². The number of rotatable bonds is 7. The van der Waals surface area contributed by atoms with Gasteiger partial charge in [-0.05, 0) is 35.9 Å². The summed E-state index contributed by atoms with van der Waals surface area (Å²) in [5, 5.41) is 2.88. The summed E-state index contributed by atoms with van der Waals surface area (Å²) in [7, 11) is 4.88. The number of methoxy groups -OCH3 is 2. The average Bonchev–Trinajstić information content (AvgIpc) is 2.67. The maximum absolute atomic E-state index is 12.5. The van der Waals surface area contributed by atoms with Crippen LogP contribution < -0.4 is 14.8 Å². The fraction of sp³-hybridized carbons (Fsp3) is 0.364. The minimum absolute atomic E-state index is 0.0341. The molecule has 0 atom stereocenters. The van der Waals surface area contributed by atoms with E-state index in [0.29, 0.717) is 29.3 Å². The zero-order valence-corrected chi connectivity index (χ0v) is 17.3. The quantitative estimate of drug-likeness (QED) is 0.790. The van der Waals surface area contributed by atoms with Gasteiger partial charge in [-0.1, -0.05) is 26.0 Å². The van der Waals surface area contributed by atoms with Gasteiger partial charge in [0.05, 0.1) is 14.2 Å². The third-order valence-corrected chi connectivity index (χ3v) is 4.74. The van der Waals surface area contributed by atoms with Crippen molar-refractivity contribution in [3.05, 3.63) is 53.6 Å². The van der Waals surface area contributed by atoms with Crippen LogP contribution in [0.3, 0.4) is 0 Å². The summed E-state index contributed by atoms with van der Waals surface area (Å²) >= 11 is 0. The third kappa shape index (κ3) is 5.03. The predicted octanol–water partition coefficient (Wildman–Crippen LogP) is 3.71. The van der Waals surface area contributed by atoms with Gasteiger partial charge in [0.15, 0.2) is 11.5 Å². The smallest absolute Gasteiger partial charge is 0.255 e. The largest absolute Gasteiger partial charge is 0.493 e. The number of nitrogens with zero attached hydrogens (tertiary/aromatic N) is 1. The Morgan fingerprint density at radius 3 is 2.14 bits per heavy atom. The average molecular weight is 384 g/mol. The van der Waals surface area contributed by atoms with Gasteiger partial charge in [0.2, 0.25) is 5.91 Å². The Labute approximate surface area is 166 Å². The molecule has 1 N–H and O–H groups in total. The van der Waals surface area contributed by atoms with Crippen molar-refractivity contribution >= 4 is 17.5 Å². The molecule has 2 aromatic carbocycles. The molecule has 0 saturated heterocycles. The van der Waals surface area contributed by atoms with Crippen molar-refractivity contribution in [2.24, 2.45) is 0 Å². The fourth-order valence-electron chi connectivity index (χ4n) is 2.98. The molecular formula is C22H28N2O4. The molecule has 0 radical (unpaired) electrons. The standard InChI is InChI=1S/C22H28N2O4/c1-15(25)24(4)14-22(2,3)17-8-10-18(11-9-17)23-21(26)16-7-12-19(27-5)20(13-16)28-6/h7-13H,14H2,1-6H3,(H,23,26). The van der Waals surface area contributed by atoms with Gasteiger partial charge in [-0.3, -0.25) is 9.59 Å². The van der Waals surface area contributed by atoms with E-state index in [-0.39, 0.29) is 17.2 Å². The number of nitrogens with one attached hydrogen (secondary N) is 1. The normalized spacial score (nSPS) is 10.9. The molecule has 0 bridgehead atoms. The van der Waals surface area contributed by atoms with Gasteiger partial charge in [0.25, 0.3) is 5.91 Å². The molecule has 0 fully saturated rings. The Kier molecular flexibility index (Phi) is 6.67. The molecule has 2 amide bonds. The predicted molar refractivity (Wildman–Crippen MR) is 110 cm³/mol. The first-order valence-corrected chi connectivity index (χ1v) is 9.03. The number of amides is 2. The molecule has 0 saturated carbocycles. The van der Waals surface area contributed by atoms with Crippen LogP contribution in [-0.2, 0) is 10.2 Å². The monoisotopic (exact) mass is 384 g/mol. The maximum atomic E-state index is 12.5. The van der Waals surface area contributed by atoms with Crippen LogP contribution in [0.4, 0.5) is 5.69 Å². The number of anilines is 1. The van der Waals surface area contributed by atoms with Crippen LogP contribution in [0.2, 0.25) is 0 Å². The molecule has 28 heavy (non-hydrogen) atoms. The molecular weight excluding hydrogens is 356 g/mol. The number of ether oxygens (including phenoxy) is 2. The number of hydrogen-bond donors (Lipinski definition) is 1. The highest BCUT2D eigenvalue weighted by Crippen LogP contribution is 2.28. The van der Waals surface area contributed by atoms with Crippen LogP contribution in [0.1, 0.15) is 36.7 Å². The van der Waals surface area contributed by atoms with Crippen molar-refractivity contribution in [1.82, 2.24) is 4.90 Å². The minimum atomic E-state index is -0.232. The molecule has 0 unspecified atom stereocenters. The highest BCUT2D eigenvalue weighted by molar-refractivity contribution is 6.04. The highest BCUT2D eigenvalue weighted by Gasteiger charge is 2.23. The van der Waals surface area contributed by atoms with Crippen LogP contribution >= 0.6 is 0 Å². The van der Waals surface area contributed by atoms with Gasteiger partial charge in [-0.15, -0.1) is 0 Å². The van der Waals surface area contributed by atoms with Gasteiger partial charge in [0.1, 0.15) is 0 Å². The van der Waals surface area contributed by atoms with E-state index in [1.165, 1.54) is 7.11 Å². The molecule has 2 aromatic rings. The Morgan fingerprint density at radius 2 is 1.61 bits per heavy atom. The van der Waals surface area contributed by atoms with Gasteiger partial charge < -0.3 is 19.7 Å². The van der Waals surface area contributed by atoms with E-state index in [1.54, 1.807) is 44.2 Å². The van der Waals surface area contributed by atoms with E-state index in [9.17, 15) is 9.59 Å². The van der Waals surface area contributed by atoms with E-state index in [4.69, 9.17) is 9.47 Å². The topological polar surface area (TPSA) is 67.9 Å². The van der Waals surface area contributed by atoms with Crippen molar-refractivity contribution in [3.63, 3.8) is 0 Å². The molecule has 0 aliphatic heterocycles. The lowest BCUT2D eigenvalue weighted by molar-refractivity contribution is -0.128. The summed E-state index contributed by atoms with van der Waals surface area (Å²) in [5.41, 5.74) is 2.06. The first-order valence-electron chi connectivity index (χ1n) is 9.03. The third-order valence-electron chi connectivity index (χ3n) is 4.74. The van der Waals surface area contributed by atoms with E-state index in [0.717, 1.165) is 5.56 Å². The molecule has 2 rings (SSSR count). The van der Waals surface area contributed by atoms with E-state index in [2.05, 4.69) is 19.2 Å². The number of carbonyl (C=O) groups excluding carboxylic acids is 2. The summed E-state index contributed by atoms with van der Waals surface area (Å²) < 4.78 is 10.4. The van der Waals surface area contributed by atoms with Crippen molar-refractivity contribution in [2.45, 2.75) is 26.2 Å². The second kappa shape index (κ2) is 8.78. The minimum Gasteiger partial charge on any atom is -0.493 e. The molecule has 6 heteroatoms. The first kappa shape index (κ1) is 21.3. The van der Waals surface area contributed by atoms with Crippen molar-refractivity contribution in [3.8, 4) is 11.5 Å². The van der Waals surface area contributed by atoms with Crippen LogP contribution in [0.5, 0.6) is 11.5 Å². The van der Waals surface area contributed by atoms with E-state index in [1.807, 2.05) is 24.3 Å². The Morgan fingerprint density at radius 1 is 1.00 bits per heavy atom. The summed E-state index contributed by atoms with van der Waals surface area (Å²) in [6.07, 6.45) is 0. The van der Waals surface area contributed by atoms with Crippen LogP contribution in [-0.4, -0.2) is 44.5 Å². The maximum Gasteiger partial charge on any atom is 0.255 e. The Bertz CT molecular complexity index is 844. The van der Waals surface area contributed by atoms with Crippen molar-refractivity contribution in [1.29, 1.82) is 0 Å². The summed E-state index contributed by atoms with van der Waals surface area (Å²) in [6, 6.07) is 12.7. The molecule has 0 spiro atoms. The SMILES string of the molecule is COc1ccc(C(=O)Nc2ccc(C(C)(C)CN(C)C(C)=O)cc2)cc1OC. The number of hydrogen-bond acceptors (Lipinski definition) is 4. The first-order chi connectivity index (χ1) is 13.2. The van der Waals surface area contributed by atoms with Crippen LogP contribution in [0.25, 0.3) is 0 Å². The van der Waals surface area contributed by atoms with Crippen molar-refractivity contribution < 1.29 is 19.1 Å². The van der Waals surface area contributed by atoms with Crippen LogP contribution in [0, 0.1) is 0 Å². The number of benzene rings is 2. The summed E-state index contributed by atoms with van der Waals surface area (Å²) in [5.74, 6) is 0.874. The zero-order valence-electron chi connectivity index (χ0n) is 17.3. The summed E-state index contributed by atoms with van der Waals surface area (Å²) in [6.45, 7) is 6.34. The zero-order chi connectivity index (χ0) is 20.9.